The van der Waals surface area contributed by atoms with Crippen molar-refractivity contribution in [3.05, 3.63) is 12.2 Å². The molecule has 0 aliphatic heterocycles. The van der Waals surface area contributed by atoms with Gasteiger partial charge in [-0.2, -0.15) is 0 Å². The van der Waals surface area contributed by atoms with Crippen molar-refractivity contribution in [2.75, 3.05) is 27.7 Å². The van der Waals surface area contributed by atoms with E-state index >= 15 is 0 Å². The van der Waals surface area contributed by atoms with Crippen molar-refractivity contribution in [2.24, 2.45) is 0 Å². The van der Waals surface area contributed by atoms with E-state index in [0.29, 0.717) is 17.5 Å². The molecule has 2 unspecified atom stereocenters. The summed E-state index contributed by atoms with van der Waals surface area (Å²) in [5.74, 6) is -0.342. The van der Waals surface area contributed by atoms with E-state index in [9.17, 15) is 9.46 Å². The summed E-state index contributed by atoms with van der Waals surface area (Å²) in [5, 5.41) is 0. The van der Waals surface area contributed by atoms with Gasteiger partial charge in [0, 0.05) is 6.42 Å². The molecular formula is C29H61NO3P+. The molecule has 0 heterocycles. The third kappa shape index (κ3) is 20.1. The third-order valence-corrected chi connectivity index (χ3v) is 9.01. The smallest absolute Gasteiger partial charge is 0.320 e. The summed E-state index contributed by atoms with van der Waals surface area (Å²) in [7, 11) is 2.33. The molecule has 2 atom stereocenters. The molecule has 0 saturated carbocycles. The molecule has 4 nitrogen and oxygen atoms in total. The monoisotopic (exact) mass is 502 g/mol. The first-order valence-corrected chi connectivity index (χ1v) is 16.3. The van der Waals surface area contributed by atoms with E-state index in [1.165, 1.54) is 89.9 Å². The Labute approximate surface area is 214 Å². The van der Waals surface area contributed by atoms with Crippen LogP contribution in [0.25, 0.3) is 0 Å². The fourth-order valence-electron chi connectivity index (χ4n) is 4.58. The van der Waals surface area contributed by atoms with Gasteiger partial charge in [0.25, 0.3) is 0 Å². The molecule has 0 rings (SSSR count). The molecule has 0 aliphatic rings. The number of nitrogens with zero attached hydrogens (tertiary/aromatic N) is 1. The lowest BCUT2D eigenvalue weighted by atomic mass is 10.0. The van der Waals surface area contributed by atoms with Gasteiger partial charge in [0.2, 0.25) is 0 Å². The number of hydrogen-bond donors (Lipinski definition) is 1. The van der Waals surface area contributed by atoms with Gasteiger partial charge in [-0.15, -0.1) is 0 Å². The van der Waals surface area contributed by atoms with Crippen LogP contribution in [0.15, 0.2) is 12.2 Å². The number of rotatable bonds is 25. The van der Waals surface area contributed by atoms with Crippen LogP contribution in [0, 0.1) is 0 Å². The Balaban J connectivity index is 3.51. The minimum Gasteiger partial charge on any atom is -0.320 e. The second-order valence-electron chi connectivity index (χ2n) is 11.1. The van der Waals surface area contributed by atoms with E-state index in [0.717, 1.165) is 32.1 Å². The van der Waals surface area contributed by atoms with Crippen LogP contribution in [0.3, 0.4) is 0 Å². The molecule has 0 radical (unpaired) electrons. The lowest BCUT2D eigenvalue weighted by Gasteiger charge is -2.35. The standard InChI is InChI=1S/C29H60NO3P/c1-6-8-9-10-11-12-13-14-15-16-17-18-19-20-21-22-23-24-25-26-28-33-34(31,32)29(27-7-2)30(3,4)5/h21-22,29H,6-20,23-28H2,1-5H3/p+1. The minimum atomic E-state index is -3.58. The van der Waals surface area contributed by atoms with E-state index in [2.05, 4.69) is 26.0 Å². The zero-order chi connectivity index (χ0) is 25.5. The summed E-state index contributed by atoms with van der Waals surface area (Å²) in [4.78, 5) is 10.4. The van der Waals surface area contributed by atoms with Crippen LogP contribution in [0.4, 0.5) is 0 Å². The summed E-state index contributed by atoms with van der Waals surface area (Å²) in [6.07, 6.45) is 29.9. The van der Waals surface area contributed by atoms with Gasteiger partial charge in [-0.25, -0.2) is 0 Å². The molecule has 0 spiro atoms. The molecule has 0 fully saturated rings. The molecule has 5 heteroatoms. The molecule has 0 bridgehead atoms. The second-order valence-corrected chi connectivity index (χ2v) is 13.1. The second kappa shape index (κ2) is 22.1. The minimum absolute atomic E-state index is 0.342. The van der Waals surface area contributed by atoms with Crippen molar-refractivity contribution in [3.63, 3.8) is 0 Å². The highest BCUT2D eigenvalue weighted by Gasteiger charge is 2.41. The maximum Gasteiger partial charge on any atom is 0.385 e. The molecule has 0 amide bonds. The Morgan fingerprint density at radius 3 is 1.50 bits per heavy atom. The molecule has 0 aromatic rings. The van der Waals surface area contributed by atoms with Crippen LogP contribution >= 0.6 is 7.60 Å². The predicted molar refractivity (Wildman–Crippen MR) is 150 cm³/mol. The maximum absolute atomic E-state index is 12.7. The Hall–Kier alpha value is -0.150. The zero-order valence-electron chi connectivity index (χ0n) is 23.7. The lowest BCUT2D eigenvalue weighted by Crippen LogP contribution is -2.45. The fourth-order valence-corrected chi connectivity index (χ4v) is 6.61. The van der Waals surface area contributed by atoms with Gasteiger partial charge in [0.05, 0.1) is 27.7 Å². The summed E-state index contributed by atoms with van der Waals surface area (Å²) in [6.45, 7) is 4.72. The van der Waals surface area contributed by atoms with E-state index in [1.54, 1.807) is 0 Å². The van der Waals surface area contributed by atoms with Crippen molar-refractivity contribution in [2.45, 2.75) is 148 Å². The quantitative estimate of drug-likeness (QED) is 0.0585. The lowest BCUT2D eigenvalue weighted by molar-refractivity contribution is -0.883. The zero-order valence-corrected chi connectivity index (χ0v) is 24.6. The molecule has 0 saturated heterocycles. The molecule has 34 heavy (non-hydrogen) atoms. The Morgan fingerprint density at radius 2 is 1.09 bits per heavy atom. The molecule has 204 valence electrons. The Kier molecular flexibility index (Phi) is 22.0. The number of unbranched alkanes of at least 4 members (excludes halogenated alkanes) is 16. The summed E-state index contributed by atoms with van der Waals surface area (Å²) >= 11 is 0. The van der Waals surface area contributed by atoms with Gasteiger partial charge in [0.1, 0.15) is 0 Å². The Morgan fingerprint density at radius 1 is 0.676 bits per heavy atom. The van der Waals surface area contributed by atoms with Crippen LogP contribution in [0.5, 0.6) is 0 Å². The Bertz CT molecular complexity index is 516. The topological polar surface area (TPSA) is 46.5 Å². The molecule has 1 N–H and O–H groups in total. The molecule has 0 aromatic carbocycles. The first-order valence-electron chi connectivity index (χ1n) is 14.7. The maximum atomic E-state index is 12.7. The van der Waals surface area contributed by atoms with Gasteiger partial charge < -0.3 is 13.9 Å². The highest BCUT2D eigenvalue weighted by Crippen LogP contribution is 2.51. The van der Waals surface area contributed by atoms with Gasteiger partial charge in [0.15, 0.2) is 5.78 Å². The SMILES string of the molecule is CCCCCCCCCCCCCCCC=CCCCCCOP(=O)(O)C(CCC)[N+](C)(C)C. The summed E-state index contributed by atoms with van der Waals surface area (Å²) in [6, 6.07) is 0. The number of hydrogen-bond acceptors (Lipinski definition) is 2. The van der Waals surface area contributed by atoms with Crippen LogP contribution in [0.2, 0.25) is 0 Å². The first kappa shape index (κ1) is 33.8. The van der Waals surface area contributed by atoms with Gasteiger partial charge in [-0.05, 0) is 38.5 Å². The normalized spacial score (nSPS) is 15.1. The summed E-state index contributed by atoms with van der Waals surface area (Å²) in [5.41, 5.74) is 0. The van der Waals surface area contributed by atoms with Crippen LogP contribution < -0.4 is 0 Å². The highest BCUT2D eigenvalue weighted by atomic mass is 31.2. The highest BCUT2D eigenvalue weighted by molar-refractivity contribution is 7.53. The van der Waals surface area contributed by atoms with Crippen molar-refractivity contribution in [1.29, 1.82) is 0 Å². The van der Waals surface area contributed by atoms with Crippen LogP contribution in [-0.2, 0) is 9.09 Å². The first-order chi connectivity index (χ1) is 16.3. The van der Waals surface area contributed by atoms with Gasteiger partial charge in [-0.3, -0.25) is 4.57 Å². The molecule has 0 aromatic heterocycles. The van der Waals surface area contributed by atoms with Gasteiger partial charge in [-0.1, -0.05) is 109 Å². The van der Waals surface area contributed by atoms with Crippen molar-refractivity contribution < 1.29 is 18.5 Å². The van der Waals surface area contributed by atoms with Crippen molar-refractivity contribution in [1.82, 2.24) is 0 Å². The van der Waals surface area contributed by atoms with Crippen LogP contribution in [-0.4, -0.2) is 42.9 Å². The average molecular weight is 503 g/mol. The molecule has 0 aliphatic carbocycles. The van der Waals surface area contributed by atoms with Crippen molar-refractivity contribution in [3.8, 4) is 0 Å². The van der Waals surface area contributed by atoms with E-state index < -0.39 is 7.60 Å². The number of allylic oxidation sites excluding steroid dienone is 2. The van der Waals surface area contributed by atoms with Crippen LogP contribution in [0.1, 0.15) is 142 Å². The average Bonchev–Trinajstić information content (AvgIpc) is 2.77. The predicted octanol–water partition coefficient (Wildman–Crippen LogP) is 9.62. The van der Waals surface area contributed by atoms with E-state index in [-0.39, 0.29) is 5.78 Å². The number of quaternary nitrogens is 1. The largest absolute Gasteiger partial charge is 0.385 e. The third-order valence-electron chi connectivity index (χ3n) is 6.75. The fraction of sp³-hybridized carbons (Fsp3) is 0.931. The molecular weight excluding hydrogens is 441 g/mol. The van der Waals surface area contributed by atoms with E-state index in [1.807, 2.05) is 21.1 Å². The van der Waals surface area contributed by atoms with Crippen molar-refractivity contribution >= 4 is 7.60 Å². The van der Waals surface area contributed by atoms with Gasteiger partial charge >= 0.3 is 7.60 Å². The van der Waals surface area contributed by atoms with E-state index in [4.69, 9.17) is 4.52 Å². The summed E-state index contributed by atoms with van der Waals surface area (Å²) < 4.78 is 18.6.